The smallest absolute Gasteiger partial charge is 0.326 e. The molecule has 0 aromatic heterocycles. The van der Waals surface area contributed by atoms with E-state index in [-0.39, 0.29) is 62.0 Å². The van der Waals surface area contributed by atoms with Gasteiger partial charge in [-0.2, -0.15) is 0 Å². The number of nitrogens with two attached hydrogens (primary N) is 1. The molecule has 0 radical (unpaired) electrons. The van der Waals surface area contributed by atoms with Gasteiger partial charge in [0.15, 0.2) is 11.6 Å². The predicted octanol–water partition coefficient (Wildman–Crippen LogP) is 1.27. The minimum atomic E-state index is -0.657. The van der Waals surface area contributed by atoms with Crippen LogP contribution in [0.1, 0.15) is 79.6 Å². The summed E-state index contributed by atoms with van der Waals surface area (Å²) in [4.78, 5) is 65.4. The van der Waals surface area contributed by atoms with Crippen molar-refractivity contribution in [1.82, 2.24) is 20.4 Å². The van der Waals surface area contributed by atoms with Gasteiger partial charge >= 0.3 is 5.97 Å². The van der Waals surface area contributed by atoms with Gasteiger partial charge in [-0.1, -0.05) is 52.4 Å². The molecule has 0 spiro atoms. The molecule has 1 aliphatic carbocycles. The van der Waals surface area contributed by atoms with Crippen molar-refractivity contribution in [3.63, 3.8) is 0 Å². The van der Waals surface area contributed by atoms with Gasteiger partial charge in [0.25, 0.3) is 0 Å². The van der Waals surface area contributed by atoms with Crippen LogP contribution in [0.15, 0.2) is 0 Å². The van der Waals surface area contributed by atoms with Crippen LogP contribution in [0.25, 0.3) is 0 Å². The Kier molecular flexibility index (Phi) is 15.6. The van der Waals surface area contributed by atoms with Crippen LogP contribution in [0.5, 0.6) is 0 Å². The average Bonchev–Trinajstić information content (AvgIpc) is 2.88. The Morgan fingerprint density at radius 3 is 2.05 bits per heavy atom. The van der Waals surface area contributed by atoms with E-state index in [4.69, 9.17) is 10.5 Å². The van der Waals surface area contributed by atoms with E-state index in [1.807, 2.05) is 13.8 Å². The zero-order chi connectivity index (χ0) is 30.5. The second-order valence-electron chi connectivity index (χ2n) is 12.2. The van der Waals surface area contributed by atoms with Gasteiger partial charge in [0.2, 0.25) is 11.8 Å². The van der Waals surface area contributed by atoms with E-state index >= 15 is 0 Å². The third kappa shape index (κ3) is 13.8. The Balaban J connectivity index is 2.59. The highest BCUT2D eigenvalue weighted by molar-refractivity contribution is 5.90. The number of nitrogens with one attached hydrogen (secondary N) is 2. The Bertz CT molecular complexity index is 852. The number of nitrogens with zero attached hydrogens (tertiary/aromatic N) is 2. The average molecular weight is 568 g/mol. The van der Waals surface area contributed by atoms with Crippen molar-refractivity contribution in [3.8, 4) is 0 Å². The summed E-state index contributed by atoms with van der Waals surface area (Å²) in [5, 5.41) is 5.93. The van der Waals surface area contributed by atoms with Gasteiger partial charge in [-0.05, 0) is 39.0 Å². The fourth-order valence-corrected chi connectivity index (χ4v) is 4.73. The van der Waals surface area contributed by atoms with Crippen molar-refractivity contribution in [2.45, 2.75) is 97.2 Å². The summed E-state index contributed by atoms with van der Waals surface area (Å²) in [5.41, 5.74) is 5.33. The summed E-state index contributed by atoms with van der Waals surface area (Å²) in [6, 6.07) is -1.26. The molecule has 0 saturated heterocycles. The van der Waals surface area contributed by atoms with Crippen molar-refractivity contribution < 1.29 is 28.7 Å². The number of hydrogen-bond acceptors (Lipinski definition) is 9. The highest BCUT2D eigenvalue weighted by atomic mass is 16.6. The topological polar surface area (TPSA) is 151 Å². The molecule has 4 N–H and O–H groups in total. The van der Waals surface area contributed by atoms with Crippen LogP contribution >= 0.6 is 0 Å². The van der Waals surface area contributed by atoms with Crippen LogP contribution in [0.3, 0.4) is 0 Å². The molecule has 2 amide bonds. The van der Waals surface area contributed by atoms with Crippen LogP contribution in [-0.2, 0) is 28.7 Å². The van der Waals surface area contributed by atoms with E-state index in [1.54, 1.807) is 34.9 Å². The number of ether oxygens (including phenoxy) is 1. The van der Waals surface area contributed by atoms with Crippen LogP contribution in [0.4, 0.5) is 0 Å². The fourth-order valence-electron chi connectivity index (χ4n) is 4.73. The molecular formula is C29H53N5O6. The third-order valence-corrected chi connectivity index (χ3v) is 7.28. The van der Waals surface area contributed by atoms with Gasteiger partial charge in [-0.25, -0.2) is 0 Å². The summed E-state index contributed by atoms with van der Waals surface area (Å²) < 4.78 is 5.34. The van der Waals surface area contributed by atoms with Gasteiger partial charge in [0.1, 0.15) is 12.1 Å². The Hall–Kier alpha value is -2.37. The first-order valence-electron chi connectivity index (χ1n) is 14.6. The molecule has 230 valence electrons. The van der Waals surface area contributed by atoms with Gasteiger partial charge in [0, 0.05) is 14.1 Å². The highest BCUT2D eigenvalue weighted by Gasteiger charge is 2.29. The van der Waals surface area contributed by atoms with E-state index < -0.39 is 23.7 Å². The number of likely N-dealkylation sites (N-methyl/N-ethyl adjacent to an activating group) is 2. The van der Waals surface area contributed by atoms with Crippen molar-refractivity contribution in [3.05, 3.63) is 0 Å². The molecule has 1 fully saturated rings. The zero-order valence-electron chi connectivity index (χ0n) is 25.7. The maximum atomic E-state index is 13.2. The quantitative estimate of drug-likeness (QED) is 0.221. The van der Waals surface area contributed by atoms with Crippen molar-refractivity contribution >= 4 is 29.4 Å². The molecular weight excluding hydrogens is 514 g/mol. The molecule has 11 heteroatoms. The van der Waals surface area contributed by atoms with Crippen molar-refractivity contribution in [1.29, 1.82) is 0 Å². The number of carbonyl (C=O) groups is 5. The first-order valence-corrected chi connectivity index (χ1v) is 14.6. The van der Waals surface area contributed by atoms with Gasteiger partial charge < -0.3 is 25.6 Å². The maximum absolute atomic E-state index is 13.2. The minimum Gasteiger partial charge on any atom is -0.459 e. The zero-order valence-corrected chi connectivity index (χ0v) is 25.7. The summed E-state index contributed by atoms with van der Waals surface area (Å²) in [6.07, 6.45) is 6.88. The molecule has 0 bridgehead atoms. The highest BCUT2D eigenvalue weighted by Crippen LogP contribution is 2.27. The molecule has 40 heavy (non-hydrogen) atoms. The predicted molar refractivity (Wildman–Crippen MR) is 154 cm³/mol. The van der Waals surface area contributed by atoms with E-state index in [0.717, 1.165) is 32.1 Å². The molecule has 0 aromatic carbocycles. The first-order chi connectivity index (χ1) is 18.6. The summed E-state index contributed by atoms with van der Waals surface area (Å²) in [7, 11) is 3.11. The van der Waals surface area contributed by atoms with E-state index in [1.165, 1.54) is 16.2 Å². The second-order valence-corrected chi connectivity index (χ2v) is 12.2. The van der Waals surface area contributed by atoms with Crippen LogP contribution in [0.2, 0.25) is 0 Å². The van der Waals surface area contributed by atoms with Gasteiger partial charge in [-0.15, -0.1) is 0 Å². The molecule has 1 saturated carbocycles. The largest absolute Gasteiger partial charge is 0.459 e. The molecule has 0 unspecified atom stereocenters. The van der Waals surface area contributed by atoms with Crippen molar-refractivity contribution in [2.75, 3.05) is 46.8 Å². The number of ketones is 2. The molecule has 0 aliphatic heterocycles. The summed E-state index contributed by atoms with van der Waals surface area (Å²) in [6.45, 7) is 8.73. The number of carbonyl (C=O) groups excluding carboxylic acids is 5. The van der Waals surface area contributed by atoms with Crippen molar-refractivity contribution in [2.24, 2.45) is 17.6 Å². The molecule has 1 rings (SSSR count). The Morgan fingerprint density at radius 1 is 0.900 bits per heavy atom. The number of esters is 1. The van der Waals surface area contributed by atoms with Crippen LogP contribution in [-0.4, -0.2) is 104 Å². The minimum absolute atomic E-state index is 0.0132. The fraction of sp³-hybridized carbons (Fsp3) is 0.828. The molecule has 0 heterocycles. The molecule has 3 atom stereocenters. The molecule has 1 aliphatic rings. The molecule has 0 aromatic rings. The van der Waals surface area contributed by atoms with E-state index in [0.29, 0.717) is 12.3 Å². The number of rotatable bonds is 17. The lowest BCUT2D eigenvalue weighted by atomic mass is 9.84. The van der Waals surface area contributed by atoms with E-state index in [2.05, 4.69) is 10.6 Å². The SMILES string of the molecule is CC[C@H](C)[C@H](N)C(=O)N(C)CC(=O)CNCC(=O)CN[C@@H](CC1CCCCC1)C(=O)N(C)CC(=O)OC(C)(C)C. The number of hydrogen-bond donors (Lipinski definition) is 3. The Morgan fingerprint density at radius 2 is 1.48 bits per heavy atom. The van der Waals surface area contributed by atoms with Crippen LogP contribution < -0.4 is 16.4 Å². The van der Waals surface area contributed by atoms with Gasteiger partial charge in [0.05, 0.1) is 38.3 Å². The first kappa shape index (κ1) is 35.7. The lowest BCUT2D eigenvalue weighted by Crippen LogP contribution is -2.50. The standard InChI is InChI=1S/C29H53N5O6/c1-8-20(2)26(30)28(39)33(6)18-23(36)16-31-15-22(35)17-32-24(14-21-12-10-9-11-13-21)27(38)34(7)19-25(37)40-29(3,4)5/h20-21,24,26,31-32H,8-19,30H2,1-7H3/t20-,24-,26-/m0/s1. The Labute approximate surface area is 240 Å². The van der Waals surface area contributed by atoms with E-state index in [9.17, 15) is 24.0 Å². The third-order valence-electron chi connectivity index (χ3n) is 7.28. The lowest BCUT2D eigenvalue weighted by molar-refractivity contribution is -0.158. The summed E-state index contributed by atoms with van der Waals surface area (Å²) in [5.74, 6) is -1.07. The summed E-state index contributed by atoms with van der Waals surface area (Å²) >= 11 is 0. The number of Topliss-reactive ketones (excluding diaryl/α,β-unsaturated/α-hetero) is 2. The maximum Gasteiger partial charge on any atom is 0.326 e. The molecule has 11 nitrogen and oxygen atoms in total. The second kappa shape index (κ2) is 17.4. The van der Waals surface area contributed by atoms with Crippen LogP contribution in [0, 0.1) is 11.8 Å². The lowest BCUT2D eigenvalue weighted by Gasteiger charge is -2.29. The monoisotopic (exact) mass is 567 g/mol. The van der Waals surface area contributed by atoms with Gasteiger partial charge in [-0.3, -0.25) is 29.3 Å². The number of amides is 2. The normalized spacial score (nSPS) is 16.5.